The molecule has 1 aliphatic carbocycles. The van der Waals surface area contributed by atoms with Gasteiger partial charge in [-0.2, -0.15) is 0 Å². The molecule has 1 aliphatic heterocycles. The summed E-state index contributed by atoms with van der Waals surface area (Å²) in [5.41, 5.74) is 6.66. The summed E-state index contributed by atoms with van der Waals surface area (Å²) in [4.78, 5) is 4.96. The summed E-state index contributed by atoms with van der Waals surface area (Å²) < 4.78 is 0. The molecule has 2 rings (SSSR count). The van der Waals surface area contributed by atoms with Crippen LogP contribution in [-0.4, -0.2) is 55.1 Å². The van der Waals surface area contributed by atoms with Crippen LogP contribution in [0.5, 0.6) is 0 Å². The first-order valence-electron chi connectivity index (χ1n) is 7.27. The van der Waals surface area contributed by atoms with Gasteiger partial charge in [-0.15, -0.1) is 0 Å². The van der Waals surface area contributed by atoms with Gasteiger partial charge < -0.3 is 15.5 Å². The monoisotopic (exact) mass is 239 g/mol. The molecule has 1 atom stereocenters. The van der Waals surface area contributed by atoms with E-state index in [-0.39, 0.29) is 5.54 Å². The Morgan fingerprint density at radius 2 is 1.94 bits per heavy atom. The summed E-state index contributed by atoms with van der Waals surface area (Å²) >= 11 is 0. The number of likely N-dealkylation sites (N-methyl/N-ethyl adjacent to an activating group) is 1. The summed E-state index contributed by atoms with van der Waals surface area (Å²) in [7, 11) is 4.39. The molecule has 100 valence electrons. The molecule has 1 saturated carbocycles. The van der Waals surface area contributed by atoms with E-state index in [0.29, 0.717) is 0 Å². The van der Waals surface area contributed by atoms with Gasteiger partial charge in [0, 0.05) is 18.1 Å². The van der Waals surface area contributed by atoms with Crippen LogP contribution < -0.4 is 5.73 Å². The van der Waals surface area contributed by atoms with E-state index < -0.39 is 0 Å². The van der Waals surface area contributed by atoms with E-state index in [1.54, 1.807) is 0 Å². The number of nitrogens with zero attached hydrogens (tertiary/aromatic N) is 2. The van der Waals surface area contributed by atoms with Crippen LogP contribution in [0.3, 0.4) is 0 Å². The van der Waals surface area contributed by atoms with Gasteiger partial charge >= 0.3 is 0 Å². The predicted octanol–water partition coefficient (Wildman–Crippen LogP) is 1.67. The third kappa shape index (κ3) is 3.67. The highest BCUT2D eigenvalue weighted by Gasteiger charge is 2.30. The van der Waals surface area contributed by atoms with Crippen molar-refractivity contribution in [2.75, 3.05) is 33.7 Å². The molecule has 3 nitrogen and oxygen atoms in total. The molecule has 2 fully saturated rings. The minimum atomic E-state index is 0.161. The van der Waals surface area contributed by atoms with Crippen LogP contribution in [0.15, 0.2) is 0 Å². The molecule has 0 aromatic heterocycles. The lowest BCUT2D eigenvalue weighted by atomic mass is 9.80. The SMILES string of the molecule is CN(C)C1CCN(CCC2(N)CCCCC2)C1. The summed E-state index contributed by atoms with van der Waals surface area (Å²) in [6.07, 6.45) is 9.10. The molecular formula is C14H29N3. The molecule has 0 radical (unpaired) electrons. The Balaban J connectivity index is 1.72. The number of rotatable bonds is 4. The Bertz CT molecular complexity index is 234. The number of hydrogen-bond acceptors (Lipinski definition) is 3. The highest BCUT2D eigenvalue weighted by Crippen LogP contribution is 2.29. The third-order valence-electron chi connectivity index (χ3n) is 4.75. The highest BCUT2D eigenvalue weighted by atomic mass is 15.2. The normalized spacial score (nSPS) is 30.0. The van der Waals surface area contributed by atoms with E-state index in [2.05, 4.69) is 23.9 Å². The fraction of sp³-hybridized carbons (Fsp3) is 1.00. The van der Waals surface area contributed by atoms with E-state index in [9.17, 15) is 0 Å². The molecule has 1 saturated heterocycles. The zero-order valence-electron chi connectivity index (χ0n) is 11.6. The van der Waals surface area contributed by atoms with Gasteiger partial charge in [-0.1, -0.05) is 19.3 Å². The second-order valence-electron chi connectivity index (χ2n) is 6.38. The molecule has 17 heavy (non-hydrogen) atoms. The predicted molar refractivity (Wildman–Crippen MR) is 73.2 cm³/mol. The second-order valence-corrected chi connectivity index (χ2v) is 6.38. The first kappa shape index (κ1) is 13.3. The maximum atomic E-state index is 6.49. The van der Waals surface area contributed by atoms with Crippen molar-refractivity contribution in [3.63, 3.8) is 0 Å². The van der Waals surface area contributed by atoms with Gasteiger partial charge in [-0.3, -0.25) is 0 Å². The van der Waals surface area contributed by atoms with E-state index in [1.165, 1.54) is 64.6 Å². The minimum Gasteiger partial charge on any atom is -0.325 e. The highest BCUT2D eigenvalue weighted by molar-refractivity contribution is 4.89. The summed E-state index contributed by atoms with van der Waals surface area (Å²) in [6.45, 7) is 3.71. The fourth-order valence-electron chi connectivity index (χ4n) is 3.32. The van der Waals surface area contributed by atoms with E-state index in [1.807, 2.05) is 0 Å². The molecular weight excluding hydrogens is 210 g/mol. The van der Waals surface area contributed by atoms with Gasteiger partial charge in [0.25, 0.3) is 0 Å². The fourth-order valence-corrected chi connectivity index (χ4v) is 3.32. The second kappa shape index (κ2) is 5.68. The lowest BCUT2D eigenvalue weighted by Gasteiger charge is -2.35. The Kier molecular flexibility index (Phi) is 4.45. The van der Waals surface area contributed by atoms with Crippen LogP contribution in [0.25, 0.3) is 0 Å². The summed E-state index contributed by atoms with van der Waals surface area (Å²) in [5, 5.41) is 0. The molecule has 0 bridgehead atoms. The van der Waals surface area contributed by atoms with Gasteiger partial charge in [0.05, 0.1) is 0 Å². The molecule has 1 unspecified atom stereocenters. The average molecular weight is 239 g/mol. The van der Waals surface area contributed by atoms with Gasteiger partial charge in [-0.25, -0.2) is 0 Å². The number of nitrogens with two attached hydrogens (primary N) is 1. The number of hydrogen-bond donors (Lipinski definition) is 1. The molecule has 2 N–H and O–H groups in total. The molecule has 1 heterocycles. The zero-order chi connectivity index (χ0) is 12.3. The molecule has 0 amide bonds. The van der Waals surface area contributed by atoms with Gasteiger partial charge in [0.2, 0.25) is 0 Å². The Morgan fingerprint density at radius 3 is 2.53 bits per heavy atom. The van der Waals surface area contributed by atoms with Crippen LogP contribution >= 0.6 is 0 Å². The van der Waals surface area contributed by atoms with Gasteiger partial charge in [-0.05, 0) is 52.9 Å². The lowest BCUT2D eigenvalue weighted by molar-refractivity contribution is 0.218. The lowest BCUT2D eigenvalue weighted by Crippen LogP contribution is -2.44. The first-order chi connectivity index (χ1) is 8.09. The largest absolute Gasteiger partial charge is 0.325 e. The van der Waals surface area contributed by atoms with Gasteiger partial charge in [0.15, 0.2) is 0 Å². The minimum absolute atomic E-state index is 0.161. The topological polar surface area (TPSA) is 32.5 Å². The summed E-state index contributed by atoms with van der Waals surface area (Å²) in [5.74, 6) is 0. The van der Waals surface area contributed by atoms with Gasteiger partial charge in [0.1, 0.15) is 0 Å². The molecule has 0 spiro atoms. The van der Waals surface area contributed by atoms with Crippen LogP contribution in [0.2, 0.25) is 0 Å². The molecule has 0 aromatic rings. The molecule has 3 heteroatoms. The van der Waals surface area contributed by atoms with Crippen LogP contribution in [-0.2, 0) is 0 Å². The standard InChI is InChI=1S/C14H29N3/c1-16(2)13-6-10-17(12-13)11-9-14(15)7-4-3-5-8-14/h13H,3-12,15H2,1-2H3. The van der Waals surface area contributed by atoms with Crippen LogP contribution in [0.1, 0.15) is 44.9 Å². The third-order valence-corrected chi connectivity index (χ3v) is 4.75. The van der Waals surface area contributed by atoms with Crippen molar-refractivity contribution in [2.45, 2.75) is 56.5 Å². The maximum absolute atomic E-state index is 6.49. The van der Waals surface area contributed by atoms with E-state index >= 15 is 0 Å². The summed E-state index contributed by atoms with van der Waals surface area (Å²) in [6, 6.07) is 0.759. The smallest absolute Gasteiger partial charge is 0.0229 e. The van der Waals surface area contributed by atoms with Crippen molar-refractivity contribution >= 4 is 0 Å². The Hall–Kier alpha value is -0.120. The van der Waals surface area contributed by atoms with Crippen LogP contribution in [0.4, 0.5) is 0 Å². The first-order valence-corrected chi connectivity index (χ1v) is 7.27. The number of likely N-dealkylation sites (tertiary alicyclic amines) is 1. The maximum Gasteiger partial charge on any atom is 0.0229 e. The Morgan fingerprint density at radius 1 is 1.24 bits per heavy atom. The van der Waals surface area contributed by atoms with Crippen molar-refractivity contribution in [1.29, 1.82) is 0 Å². The Labute approximate surface area is 106 Å². The van der Waals surface area contributed by atoms with E-state index in [4.69, 9.17) is 5.73 Å². The average Bonchev–Trinajstić information content (AvgIpc) is 2.76. The quantitative estimate of drug-likeness (QED) is 0.810. The van der Waals surface area contributed by atoms with Crippen molar-refractivity contribution < 1.29 is 0 Å². The zero-order valence-corrected chi connectivity index (χ0v) is 11.6. The molecule has 0 aromatic carbocycles. The van der Waals surface area contributed by atoms with Crippen molar-refractivity contribution in [3.05, 3.63) is 0 Å². The van der Waals surface area contributed by atoms with Crippen molar-refractivity contribution in [3.8, 4) is 0 Å². The van der Waals surface area contributed by atoms with Crippen molar-refractivity contribution in [2.24, 2.45) is 5.73 Å². The van der Waals surface area contributed by atoms with E-state index in [0.717, 1.165) is 6.04 Å². The van der Waals surface area contributed by atoms with Crippen molar-refractivity contribution in [1.82, 2.24) is 9.80 Å². The van der Waals surface area contributed by atoms with Crippen LogP contribution in [0, 0.1) is 0 Å². The molecule has 2 aliphatic rings.